The number of rotatable bonds is 11. The maximum absolute atomic E-state index is 14.0. The van der Waals surface area contributed by atoms with Gasteiger partial charge in [-0.3, -0.25) is 13.9 Å². The van der Waals surface area contributed by atoms with Gasteiger partial charge in [0.05, 0.1) is 22.5 Å². The second kappa shape index (κ2) is 13.6. The standard InChI is InChI=1S/C30H33ClF3N3O4S/c1-20(2)35-29(39)27(16-22-10-6-5-7-11-22)36(18-23-12-8-9-21(3)15-23)28(38)19-37(42(4,40)41)24-13-14-26(31)25(17-24)30(32,33)34/h5-15,17,20,27H,16,18-19H2,1-4H3,(H,35,39)/t27-/m1/s1. The highest BCUT2D eigenvalue weighted by Gasteiger charge is 2.36. The fraction of sp³-hybridized carbons (Fsp3) is 0.333. The maximum atomic E-state index is 14.0. The molecule has 3 aromatic rings. The van der Waals surface area contributed by atoms with Crippen LogP contribution in [0.5, 0.6) is 0 Å². The minimum absolute atomic E-state index is 0.0461. The first-order valence-corrected chi connectivity index (χ1v) is 15.3. The predicted octanol–water partition coefficient (Wildman–Crippen LogP) is 5.60. The lowest BCUT2D eigenvalue weighted by atomic mass is 10.0. The van der Waals surface area contributed by atoms with Gasteiger partial charge in [-0.15, -0.1) is 0 Å². The molecule has 1 atom stereocenters. The smallest absolute Gasteiger partial charge is 0.352 e. The minimum Gasteiger partial charge on any atom is -0.352 e. The first kappa shape index (κ1) is 32.9. The highest BCUT2D eigenvalue weighted by Crippen LogP contribution is 2.37. The Kier molecular flexibility index (Phi) is 10.7. The van der Waals surface area contributed by atoms with Crippen molar-refractivity contribution >= 4 is 39.1 Å². The fourth-order valence-electron chi connectivity index (χ4n) is 4.44. The van der Waals surface area contributed by atoms with Crippen molar-refractivity contribution in [2.75, 3.05) is 17.1 Å². The van der Waals surface area contributed by atoms with Crippen LogP contribution in [-0.4, -0.2) is 50.0 Å². The molecule has 3 rings (SSSR count). The van der Waals surface area contributed by atoms with Crippen molar-refractivity contribution < 1.29 is 31.2 Å². The van der Waals surface area contributed by atoms with Gasteiger partial charge in [0.2, 0.25) is 21.8 Å². The third-order valence-electron chi connectivity index (χ3n) is 6.36. The van der Waals surface area contributed by atoms with E-state index >= 15 is 0 Å². The lowest BCUT2D eigenvalue weighted by Gasteiger charge is -2.34. The van der Waals surface area contributed by atoms with E-state index in [0.717, 1.165) is 29.5 Å². The molecular weight excluding hydrogens is 591 g/mol. The van der Waals surface area contributed by atoms with E-state index in [1.54, 1.807) is 50.2 Å². The topological polar surface area (TPSA) is 86.8 Å². The Morgan fingerprint density at radius 3 is 2.17 bits per heavy atom. The van der Waals surface area contributed by atoms with Crippen molar-refractivity contribution in [1.82, 2.24) is 10.2 Å². The van der Waals surface area contributed by atoms with Crippen molar-refractivity contribution in [3.8, 4) is 0 Å². The van der Waals surface area contributed by atoms with E-state index in [4.69, 9.17) is 11.6 Å². The molecule has 12 heteroatoms. The molecule has 226 valence electrons. The first-order valence-electron chi connectivity index (χ1n) is 13.1. The van der Waals surface area contributed by atoms with Crippen molar-refractivity contribution in [1.29, 1.82) is 0 Å². The van der Waals surface area contributed by atoms with Crippen molar-refractivity contribution in [3.63, 3.8) is 0 Å². The Morgan fingerprint density at radius 2 is 1.60 bits per heavy atom. The largest absolute Gasteiger partial charge is 0.417 e. The molecule has 0 spiro atoms. The quantitative estimate of drug-likeness (QED) is 0.301. The molecule has 0 aromatic heterocycles. The molecule has 0 aliphatic carbocycles. The van der Waals surface area contributed by atoms with Crippen LogP contribution in [0.2, 0.25) is 5.02 Å². The van der Waals surface area contributed by atoms with Crippen LogP contribution in [0.3, 0.4) is 0 Å². The SMILES string of the molecule is Cc1cccc(CN(C(=O)CN(c2ccc(Cl)c(C(F)(F)F)c2)S(C)(=O)=O)[C@H](Cc2ccccc2)C(=O)NC(C)C)c1. The number of nitrogens with one attached hydrogen (secondary N) is 1. The number of carbonyl (C=O) groups excluding carboxylic acids is 2. The van der Waals surface area contributed by atoms with Gasteiger partial charge in [0.15, 0.2) is 0 Å². The molecule has 7 nitrogen and oxygen atoms in total. The Bertz CT molecular complexity index is 1520. The number of nitrogens with zero attached hydrogens (tertiary/aromatic N) is 2. The van der Waals surface area contributed by atoms with Gasteiger partial charge >= 0.3 is 6.18 Å². The number of amides is 2. The summed E-state index contributed by atoms with van der Waals surface area (Å²) in [7, 11) is -4.25. The number of alkyl halides is 3. The molecule has 0 bridgehead atoms. The number of aryl methyl sites for hydroxylation is 1. The zero-order valence-corrected chi connectivity index (χ0v) is 25.2. The molecule has 1 N–H and O–H groups in total. The monoisotopic (exact) mass is 623 g/mol. The number of halogens is 4. The molecule has 0 aliphatic heterocycles. The first-order chi connectivity index (χ1) is 19.6. The Balaban J connectivity index is 2.10. The van der Waals surface area contributed by atoms with Crippen LogP contribution in [0, 0.1) is 6.92 Å². The van der Waals surface area contributed by atoms with Crippen molar-refractivity contribution in [2.45, 2.75) is 52.0 Å². The summed E-state index contributed by atoms with van der Waals surface area (Å²) in [6.07, 6.45) is -3.94. The second-order valence-electron chi connectivity index (χ2n) is 10.3. The molecule has 0 heterocycles. The van der Waals surface area contributed by atoms with Gasteiger partial charge in [-0.05, 0) is 50.1 Å². The normalized spacial score (nSPS) is 12.6. The summed E-state index contributed by atoms with van der Waals surface area (Å²) in [5.41, 5.74) is 0.734. The lowest BCUT2D eigenvalue weighted by Crippen LogP contribution is -2.54. The molecule has 0 aliphatic rings. The van der Waals surface area contributed by atoms with Gasteiger partial charge < -0.3 is 10.2 Å². The van der Waals surface area contributed by atoms with Crippen LogP contribution < -0.4 is 9.62 Å². The molecular formula is C30H33ClF3N3O4S. The van der Waals surface area contributed by atoms with E-state index in [-0.39, 0.29) is 24.7 Å². The average Bonchev–Trinajstić information content (AvgIpc) is 2.88. The average molecular weight is 624 g/mol. The van der Waals surface area contributed by atoms with Crippen LogP contribution in [0.1, 0.15) is 36.1 Å². The minimum atomic E-state index is -4.85. The number of hydrogen-bond donors (Lipinski definition) is 1. The summed E-state index contributed by atoms with van der Waals surface area (Å²) in [5, 5.41) is 2.23. The number of benzene rings is 3. The van der Waals surface area contributed by atoms with E-state index in [1.165, 1.54) is 4.90 Å². The van der Waals surface area contributed by atoms with Crippen molar-refractivity contribution in [2.24, 2.45) is 0 Å². The third-order valence-corrected chi connectivity index (χ3v) is 7.83. The van der Waals surface area contributed by atoms with E-state index < -0.39 is 51.2 Å². The van der Waals surface area contributed by atoms with Crippen LogP contribution in [0.15, 0.2) is 72.8 Å². The summed E-state index contributed by atoms with van der Waals surface area (Å²) in [6, 6.07) is 17.6. The van der Waals surface area contributed by atoms with E-state index in [1.807, 2.05) is 25.1 Å². The summed E-state index contributed by atoms with van der Waals surface area (Å²) >= 11 is 5.75. The van der Waals surface area contributed by atoms with Crippen LogP contribution in [0.25, 0.3) is 0 Å². The number of anilines is 1. The van der Waals surface area contributed by atoms with E-state index in [9.17, 15) is 31.2 Å². The Labute approximate surface area is 249 Å². The van der Waals surface area contributed by atoms with Gasteiger partial charge in [0.1, 0.15) is 12.6 Å². The summed E-state index contributed by atoms with van der Waals surface area (Å²) in [5.74, 6) is -1.23. The summed E-state index contributed by atoms with van der Waals surface area (Å²) in [6.45, 7) is 4.52. The van der Waals surface area contributed by atoms with E-state index in [2.05, 4.69) is 5.32 Å². The molecule has 3 aromatic carbocycles. The molecule has 0 unspecified atom stereocenters. The van der Waals surface area contributed by atoms with Gasteiger partial charge in [0.25, 0.3) is 0 Å². The molecule has 2 amide bonds. The van der Waals surface area contributed by atoms with Gasteiger partial charge in [-0.2, -0.15) is 13.2 Å². The Hall–Kier alpha value is -3.57. The zero-order valence-electron chi connectivity index (χ0n) is 23.7. The maximum Gasteiger partial charge on any atom is 0.417 e. The van der Waals surface area contributed by atoms with Gasteiger partial charge in [-0.1, -0.05) is 71.8 Å². The predicted molar refractivity (Wildman–Crippen MR) is 158 cm³/mol. The number of hydrogen-bond acceptors (Lipinski definition) is 4. The number of carbonyl (C=O) groups is 2. The highest BCUT2D eigenvalue weighted by molar-refractivity contribution is 7.92. The summed E-state index contributed by atoms with van der Waals surface area (Å²) in [4.78, 5) is 28.8. The lowest BCUT2D eigenvalue weighted by molar-refractivity contribution is -0.140. The van der Waals surface area contributed by atoms with Gasteiger partial charge in [0, 0.05) is 19.0 Å². The summed E-state index contributed by atoms with van der Waals surface area (Å²) < 4.78 is 67.0. The molecule has 0 radical (unpaired) electrons. The van der Waals surface area contributed by atoms with E-state index in [0.29, 0.717) is 15.9 Å². The van der Waals surface area contributed by atoms with Crippen LogP contribution >= 0.6 is 11.6 Å². The zero-order chi connectivity index (χ0) is 31.2. The van der Waals surface area contributed by atoms with Crippen LogP contribution in [-0.2, 0) is 38.8 Å². The highest BCUT2D eigenvalue weighted by atomic mass is 35.5. The molecule has 0 saturated carbocycles. The second-order valence-corrected chi connectivity index (χ2v) is 12.6. The number of sulfonamides is 1. The Morgan fingerprint density at radius 1 is 0.952 bits per heavy atom. The molecule has 0 saturated heterocycles. The fourth-order valence-corrected chi connectivity index (χ4v) is 5.51. The van der Waals surface area contributed by atoms with Gasteiger partial charge in [-0.25, -0.2) is 8.42 Å². The third kappa shape index (κ3) is 8.96. The van der Waals surface area contributed by atoms with Crippen LogP contribution in [0.4, 0.5) is 18.9 Å². The molecule has 42 heavy (non-hydrogen) atoms. The van der Waals surface area contributed by atoms with Crippen molar-refractivity contribution in [3.05, 3.63) is 100 Å². The molecule has 0 fully saturated rings.